The molecule has 1 saturated heterocycles. The number of aromatic nitrogens is 3. The number of carbonyl (C=O) groups is 2. The number of thiazole rings is 1. The Morgan fingerprint density at radius 2 is 1.65 bits per heavy atom. The molecule has 2 N–H and O–H groups in total. The van der Waals surface area contributed by atoms with Crippen LogP contribution in [0.3, 0.4) is 0 Å². The van der Waals surface area contributed by atoms with E-state index in [4.69, 9.17) is 19.7 Å². The third-order valence-corrected chi connectivity index (χ3v) is 9.57. The largest absolute Gasteiger partial charge is 0.466 e. The minimum absolute atomic E-state index is 0.124. The van der Waals surface area contributed by atoms with Gasteiger partial charge in [-0.25, -0.2) is 19.7 Å². The Labute approximate surface area is 273 Å². The maximum atomic E-state index is 13.2. The molecule has 0 atom stereocenters. The molecule has 236 valence electrons. The zero-order valence-corrected chi connectivity index (χ0v) is 27.2. The predicted octanol–water partition coefficient (Wildman–Crippen LogP) is 7.26. The summed E-state index contributed by atoms with van der Waals surface area (Å²) in [5, 5.41) is 6.16. The van der Waals surface area contributed by atoms with Crippen LogP contribution >= 0.6 is 11.3 Å². The smallest absolute Gasteiger partial charge is 0.321 e. The van der Waals surface area contributed by atoms with Gasteiger partial charge in [0, 0.05) is 43.2 Å². The van der Waals surface area contributed by atoms with E-state index >= 15 is 0 Å². The van der Waals surface area contributed by atoms with Gasteiger partial charge in [-0.2, -0.15) is 0 Å². The normalized spacial score (nSPS) is 14.2. The highest BCUT2D eigenvalue weighted by atomic mass is 32.1. The Morgan fingerprint density at radius 3 is 2.35 bits per heavy atom. The van der Waals surface area contributed by atoms with Gasteiger partial charge in [-0.15, -0.1) is 0 Å². The predicted molar refractivity (Wildman–Crippen MR) is 184 cm³/mol. The molecule has 1 aliphatic rings. The number of urea groups is 1. The first kappa shape index (κ1) is 31.2. The van der Waals surface area contributed by atoms with Crippen molar-refractivity contribution in [2.24, 2.45) is 5.41 Å². The Bertz CT molecular complexity index is 1830. The standard InChI is InChI=1S/C36H38N6O3S/c1-4-37-34(44)41-35-40-30-20-26(19-29(31(30)46-35)28-14-10-9-11-24(28)3)27-22-38-33(39-23-27)42-17-15-36(16-18-42,32(43)45-5-2)21-25-12-7-6-8-13-25/h6-14,19-20,22-23H,4-5,15-18,21H2,1-3H3,(H2,37,40,41,44). The first-order valence-corrected chi connectivity index (χ1v) is 16.5. The van der Waals surface area contributed by atoms with Crippen LogP contribution in [0, 0.1) is 12.3 Å². The zero-order valence-electron chi connectivity index (χ0n) is 26.4. The highest BCUT2D eigenvalue weighted by Crippen LogP contribution is 2.40. The van der Waals surface area contributed by atoms with E-state index in [1.807, 2.05) is 62.6 Å². The Morgan fingerprint density at radius 1 is 0.935 bits per heavy atom. The molecule has 9 nitrogen and oxygen atoms in total. The molecule has 46 heavy (non-hydrogen) atoms. The quantitative estimate of drug-likeness (QED) is 0.164. The number of nitrogens with zero attached hydrogens (tertiary/aromatic N) is 4. The summed E-state index contributed by atoms with van der Waals surface area (Å²) in [6, 6.07) is 22.3. The fraction of sp³-hybridized carbons (Fsp3) is 0.306. The molecule has 1 fully saturated rings. The molecule has 0 aliphatic carbocycles. The summed E-state index contributed by atoms with van der Waals surface area (Å²) in [6.45, 7) is 8.05. The molecule has 2 amide bonds. The number of anilines is 2. The van der Waals surface area contributed by atoms with Gasteiger partial charge in [0.1, 0.15) is 0 Å². The molecule has 0 unspecified atom stereocenters. The van der Waals surface area contributed by atoms with E-state index in [0.29, 0.717) is 56.6 Å². The highest BCUT2D eigenvalue weighted by Gasteiger charge is 2.43. The van der Waals surface area contributed by atoms with Crippen molar-refractivity contribution in [1.29, 1.82) is 0 Å². The third kappa shape index (κ3) is 6.57. The van der Waals surface area contributed by atoms with Crippen LogP contribution in [-0.4, -0.2) is 53.2 Å². The number of esters is 1. The molecule has 0 saturated carbocycles. The van der Waals surface area contributed by atoms with Crippen LogP contribution in [0.5, 0.6) is 0 Å². The van der Waals surface area contributed by atoms with Crippen LogP contribution in [0.25, 0.3) is 32.5 Å². The summed E-state index contributed by atoms with van der Waals surface area (Å²) in [5.74, 6) is 0.518. The zero-order chi connectivity index (χ0) is 32.1. The highest BCUT2D eigenvalue weighted by molar-refractivity contribution is 7.22. The van der Waals surface area contributed by atoms with E-state index in [2.05, 4.69) is 52.8 Å². The van der Waals surface area contributed by atoms with Gasteiger partial charge in [-0.05, 0) is 74.4 Å². The number of hydrogen-bond acceptors (Lipinski definition) is 8. The summed E-state index contributed by atoms with van der Waals surface area (Å²) >= 11 is 1.46. The van der Waals surface area contributed by atoms with Gasteiger partial charge < -0.3 is 15.0 Å². The lowest BCUT2D eigenvalue weighted by Gasteiger charge is -2.40. The van der Waals surface area contributed by atoms with E-state index in [1.165, 1.54) is 11.3 Å². The maximum Gasteiger partial charge on any atom is 0.321 e. The van der Waals surface area contributed by atoms with Crippen molar-refractivity contribution in [2.45, 2.75) is 40.0 Å². The topological polar surface area (TPSA) is 109 Å². The van der Waals surface area contributed by atoms with E-state index in [0.717, 1.165) is 43.6 Å². The van der Waals surface area contributed by atoms with E-state index < -0.39 is 5.41 Å². The van der Waals surface area contributed by atoms with Gasteiger partial charge in [0.2, 0.25) is 5.95 Å². The van der Waals surface area contributed by atoms with Crippen molar-refractivity contribution in [3.63, 3.8) is 0 Å². The molecule has 2 aromatic heterocycles. The van der Waals surface area contributed by atoms with Crippen molar-refractivity contribution < 1.29 is 14.3 Å². The molecule has 0 radical (unpaired) electrons. The van der Waals surface area contributed by atoms with Gasteiger partial charge in [0.15, 0.2) is 5.13 Å². The monoisotopic (exact) mass is 634 g/mol. The van der Waals surface area contributed by atoms with E-state index in [9.17, 15) is 9.59 Å². The number of piperidine rings is 1. The van der Waals surface area contributed by atoms with Crippen LogP contribution in [0.1, 0.15) is 37.8 Å². The Balaban J connectivity index is 1.26. The Kier molecular flexibility index (Phi) is 9.25. The summed E-state index contributed by atoms with van der Waals surface area (Å²) < 4.78 is 6.55. The van der Waals surface area contributed by atoms with Crippen molar-refractivity contribution in [1.82, 2.24) is 20.3 Å². The molecule has 6 rings (SSSR count). The Hall–Kier alpha value is -4.83. The molecular weight excluding hydrogens is 597 g/mol. The number of rotatable bonds is 9. The average Bonchev–Trinajstić information content (AvgIpc) is 3.48. The second kappa shape index (κ2) is 13.7. The number of ether oxygens (including phenoxy) is 1. The first-order chi connectivity index (χ1) is 22.4. The maximum absolute atomic E-state index is 13.2. The number of carbonyl (C=O) groups excluding carboxylic acids is 2. The fourth-order valence-corrected chi connectivity index (χ4v) is 7.09. The molecule has 5 aromatic rings. The van der Waals surface area contributed by atoms with Gasteiger partial charge >= 0.3 is 12.0 Å². The molecular formula is C36H38N6O3S. The van der Waals surface area contributed by atoms with E-state index in [1.54, 1.807) is 0 Å². The second-order valence-corrected chi connectivity index (χ2v) is 12.6. The molecule has 3 aromatic carbocycles. The molecule has 0 bridgehead atoms. The van der Waals surface area contributed by atoms with Crippen LogP contribution in [0.4, 0.5) is 15.9 Å². The van der Waals surface area contributed by atoms with Gasteiger partial charge in [0.25, 0.3) is 0 Å². The fourth-order valence-electron chi connectivity index (χ4n) is 6.12. The minimum atomic E-state index is -0.562. The lowest BCUT2D eigenvalue weighted by Crippen LogP contribution is -2.47. The third-order valence-electron chi connectivity index (χ3n) is 8.55. The number of nitrogens with one attached hydrogen (secondary N) is 2. The van der Waals surface area contributed by atoms with Gasteiger partial charge in [0.05, 0.1) is 22.2 Å². The van der Waals surface area contributed by atoms with Gasteiger partial charge in [-0.1, -0.05) is 65.9 Å². The molecule has 3 heterocycles. The van der Waals surface area contributed by atoms with Crippen molar-refractivity contribution in [2.75, 3.05) is 36.5 Å². The first-order valence-electron chi connectivity index (χ1n) is 15.7. The van der Waals surface area contributed by atoms with Crippen molar-refractivity contribution in [3.05, 3.63) is 90.3 Å². The molecule has 0 spiro atoms. The second-order valence-electron chi connectivity index (χ2n) is 11.6. The molecule has 1 aliphatic heterocycles. The minimum Gasteiger partial charge on any atom is -0.466 e. The summed E-state index contributed by atoms with van der Waals surface area (Å²) in [4.78, 5) is 41.9. The lowest BCUT2D eigenvalue weighted by atomic mass is 9.73. The van der Waals surface area contributed by atoms with Crippen LogP contribution < -0.4 is 15.5 Å². The van der Waals surface area contributed by atoms with Crippen molar-refractivity contribution in [3.8, 4) is 22.3 Å². The number of amides is 2. The number of fused-ring (bicyclic) bond motifs is 1. The number of hydrogen-bond donors (Lipinski definition) is 2. The van der Waals surface area contributed by atoms with Crippen LogP contribution in [-0.2, 0) is 16.0 Å². The average molecular weight is 635 g/mol. The van der Waals surface area contributed by atoms with Gasteiger partial charge in [-0.3, -0.25) is 10.1 Å². The lowest BCUT2D eigenvalue weighted by molar-refractivity contribution is -0.156. The van der Waals surface area contributed by atoms with Crippen LogP contribution in [0.15, 0.2) is 79.1 Å². The molecule has 10 heteroatoms. The van der Waals surface area contributed by atoms with Crippen LogP contribution in [0.2, 0.25) is 0 Å². The summed E-state index contributed by atoms with van der Waals surface area (Å²) in [5.41, 5.74) is 6.47. The van der Waals surface area contributed by atoms with Crippen molar-refractivity contribution >= 4 is 44.6 Å². The number of benzene rings is 3. The number of aryl methyl sites for hydroxylation is 1. The SMILES string of the molecule is CCNC(=O)Nc1nc2cc(-c3cnc(N4CCC(Cc5ccccc5)(C(=O)OCC)CC4)nc3)cc(-c3ccccc3C)c2s1. The summed E-state index contributed by atoms with van der Waals surface area (Å²) in [6.07, 6.45) is 5.69. The van der Waals surface area contributed by atoms with E-state index in [-0.39, 0.29) is 12.0 Å². The summed E-state index contributed by atoms with van der Waals surface area (Å²) in [7, 11) is 0.